The monoisotopic (exact) mass is 261 g/mol. The summed E-state index contributed by atoms with van der Waals surface area (Å²) in [6.45, 7) is 2.55. The highest BCUT2D eigenvalue weighted by atomic mass is 32.2. The SMILES string of the molecule is CC(=O)OC(C)NS(=O)(=O)c1ccc(F)cc1. The molecule has 1 aromatic rings. The van der Waals surface area contributed by atoms with Gasteiger partial charge in [0.05, 0.1) is 4.90 Å². The first-order valence-electron chi connectivity index (χ1n) is 4.76. The minimum absolute atomic E-state index is 0.0992. The van der Waals surface area contributed by atoms with Crippen molar-refractivity contribution in [3.05, 3.63) is 30.1 Å². The van der Waals surface area contributed by atoms with Crippen LogP contribution in [0.15, 0.2) is 29.2 Å². The minimum Gasteiger partial charge on any atom is -0.446 e. The maximum Gasteiger partial charge on any atom is 0.304 e. The van der Waals surface area contributed by atoms with Crippen LogP contribution < -0.4 is 4.72 Å². The molecule has 0 aliphatic heterocycles. The Hall–Kier alpha value is -1.47. The zero-order chi connectivity index (χ0) is 13.1. The molecule has 7 heteroatoms. The molecule has 0 saturated heterocycles. The van der Waals surface area contributed by atoms with Crippen LogP contribution in [0.5, 0.6) is 0 Å². The van der Waals surface area contributed by atoms with Crippen molar-refractivity contribution in [3.8, 4) is 0 Å². The van der Waals surface area contributed by atoms with Crippen LogP contribution in [0.2, 0.25) is 0 Å². The van der Waals surface area contributed by atoms with Gasteiger partial charge in [0.25, 0.3) is 0 Å². The van der Waals surface area contributed by atoms with Gasteiger partial charge in [0, 0.05) is 6.92 Å². The van der Waals surface area contributed by atoms with Gasteiger partial charge in [0.15, 0.2) is 6.23 Å². The average molecular weight is 261 g/mol. The third-order valence-corrected chi connectivity index (χ3v) is 3.32. The van der Waals surface area contributed by atoms with E-state index in [0.717, 1.165) is 24.3 Å². The van der Waals surface area contributed by atoms with Gasteiger partial charge in [-0.25, -0.2) is 12.8 Å². The molecule has 1 atom stereocenters. The highest BCUT2D eigenvalue weighted by Crippen LogP contribution is 2.10. The molecule has 1 rings (SSSR count). The first-order chi connectivity index (χ1) is 7.81. The summed E-state index contributed by atoms with van der Waals surface area (Å²) >= 11 is 0. The third-order valence-electron chi connectivity index (χ3n) is 1.79. The molecule has 0 fully saturated rings. The van der Waals surface area contributed by atoms with Gasteiger partial charge in [-0.1, -0.05) is 0 Å². The zero-order valence-corrected chi connectivity index (χ0v) is 10.1. The van der Waals surface area contributed by atoms with Gasteiger partial charge < -0.3 is 4.74 Å². The lowest BCUT2D eigenvalue weighted by Gasteiger charge is -2.13. The molecule has 5 nitrogen and oxygen atoms in total. The number of hydrogen-bond acceptors (Lipinski definition) is 4. The largest absolute Gasteiger partial charge is 0.446 e. The Kier molecular flexibility index (Phi) is 4.19. The van der Waals surface area contributed by atoms with Gasteiger partial charge in [0.2, 0.25) is 10.0 Å². The molecule has 0 bridgehead atoms. The molecule has 0 saturated carbocycles. The number of halogens is 1. The number of ether oxygens (including phenoxy) is 1. The molecule has 94 valence electrons. The maximum atomic E-state index is 12.6. The fraction of sp³-hybridized carbons (Fsp3) is 0.300. The summed E-state index contributed by atoms with van der Waals surface area (Å²) in [6.07, 6.45) is -0.984. The first-order valence-corrected chi connectivity index (χ1v) is 6.25. The fourth-order valence-corrected chi connectivity index (χ4v) is 2.29. The number of rotatable bonds is 4. The normalized spacial score (nSPS) is 13.1. The lowest BCUT2D eigenvalue weighted by molar-refractivity contribution is -0.145. The van der Waals surface area contributed by atoms with E-state index in [0.29, 0.717) is 0 Å². The van der Waals surface area contributed by atoms with Gasteiger partial charge >= 0.3 is 5.97 Å². The van der Waals surface area contributed by atoms with Crippen LogP contribution in [0.1, 0.15) is 13.8 Å². The van der Waals surface area contributed by atoms with E-state index in [2.05, 4.69) is 9.46 Å². The molecule has 1 unspecified atom stereocenters. The predicted octanol–water partition coefficient (Wildman–Crippen LogP) is 1.01. The van der Waals surface area contributed by atoms with Crippen LogP contribution >= 0.6 is 0 Å². The van der Waals surface area contributed by atoms with E-state index in [1.807, 2.05) is 0 Å². The number of esters is 1. The van der Waals surface area contributed by atoms with Gasteiger partial charge in [0.1, 0.15) is 5.82 Å². The quantitative estimate of drug-likeness (QED) is 0.648. The van der Waals surface area contributed by atoms with Gasteiger partial charge in [-0.05, 0) is 31.2 Å². The van der Waals surface area contributed by atoms with Crippen LogP contribution in [-0.4, -0.2) is 20.6 Å². The van der Waals surface area contributed by atoms with Gasteiger partial charge in [-0.2, -0.15) is 4.72 Å². The Labute approximate surface area is 98.6 Å². The average Bonchev–Trinajstić information content (AvgIpc) is 2.15. The summed E-state index contributed by atoms with van der Waals surface area (Å²) in [5.41, 5.74) is 0. The Morgan fingerprint density at radius 1 is 1.35 bits per heavy atom. The number of hydrogen-bond donors (Lipinski definition) is 1. The summed E-state index contributed by atoms with van der Waals surface area (Å²) in [7, 11) is -3.82. The van der Waals surface area contributed by atoms with E-state index in [1.165, 1.54) is 13.8 Å². The second-order valence-corrected chi connectivity index (χ2v) is 5.04. The Morgan fingerprint density at radius 3 is 2.35 bits per heavy atom. The first kappa shape index (κ1) is 13.6. The number of carbonyl (C=O) groups is 1. The van der Waals surface area contributed by atoms with E-state index in [9.17, 15) is 17.6 Å². The molecular weight excluding hydrogens is 249 g/mol. The number of sulfonamides is 1. The van der Waals surface area contributed by atoms with Crippen molar-refractivity contribution in [1.29, 1.82) is 0 Å². The molecule has 0 amide bonds. The number of nitrogens with one attached hydrogen (secondary N) is 1. The summed E-state index contributed by atoms with van der Waals surface area (Å²) in [4.78, 5) is 10.5. The lowest BCUT2D eigenvalue weighted by atomic mass is 10.4. The highest BCUT2D eigenvalue weighted by Gasteiger charge is 2.18. The molecule has 17 heavy (non-hydrogen) atoms. The standard InChI is InChI=1S/C10H12FNO4S/c1-7(16-8(2)13)12-17(14,15)10-5-3-9(11)4-6-10/h3-7,12H,1-2H3. The fourth-order valence-electron chi connectivity index (χ4n) is 1.17. The smallest absolute Gasteiger partial charge is 0.304 e. The van der Waals surface area contributed by atoms with Crippen LogP contribution in [0.4, 0.5) is 4.39 Å². The molecule has 1 aromatic carbocycles. The van der Waals surface area contributed by atoms with Gasteiger partial charge in [-0.3, -0.25) is 4.79 Å². The Balaban J connectivity index is 2.82. The topological polar surface area (TPSA) is 72.5 Å². The Morgan fingerprint density at radius 2 is 1.88 bits per heavy atom. The summed E-state index contributed by atoms with van der Waals surface area (Å²) in [5.74, 6) is -1.13. The van der Waals surface area contributed by atoms with Gasteiger partial charge in [-0.15, -0.1) is 0 Å². The molecule has 0 aromatic heterocycles. The van der Waals surface area contributed by atoms with E-state index in [4.69, 9.17) is 0 Å². The van der Waals surface area contributed by atoms with Crippen molar-refractivity contribution in [2.24, 2.45) is 0 Å². The second kappa shape index (κ2) is 5.24. The minimum atomic E-state index is -3.82. The summed E-state index contributed by atoms with van der Waals surface area (Å²) < 4.78 is 42.8. The van der Waals surface area contributed by atoms with E-state index in [1.54, 1.807) is 0 Å². The van der Waals surface area contributed by atoms with Crippen LogP contribution in [0.3, 0.4) is 0 Å². The van der Waals surface area contributed by atoms with E-state index in [-0.39, 0.29) is 4.90 Å². The predicted molar refractivity (Wildman–Crippen MR) is 57.9 cm³/mol. The van der Waals surface area contributed by atoms with Crippen molar-refractivity contribution in [3.63, 3.8) is 0 Å². The molecule has 0 spiro atoms. The molecule has 0 aliphatic carbocycles. The lowest BCUT2D eigenvalue weighted by Crippen LogP contribution is -2.35. The van der Waals surface area contributed by atoms with Crippen molar-refractivity contribution in [2.75, 3.05) is 0 Å². The van der Waals surface area contributed by atoms with Crippen LogP contribution in [-0.2, 0) is 19.6 Å². The maximum absolute atomic E-state index is 12.6. The Bertz CT molecular complexity index is 498. The zero-order valence-electron chi connectivity index (χ0n) is 9.31. The molecule has 0 radical (unpaired) electrons. The van der Waals surface area contributed by atoms with Crippen molar-refractivity contribution < 1.29 is 22.3 Å². The summed E-state index contributed by atoms with van der Waals surface area (Å²) in [6, 6.07) is 4.31. The molecule has 0 heterocycles. The second-order valence-electron chi connectivity index (χ2n) is 3.33. The van der Waals surface area contributed by atoms with Crippen molar-refractivity contribution >= 4 is 16.0 Å². The highest BCUT2D eigenvalue weighted by molar-refractivity contribution is 7.89. The number of benzene rings is 1. The molecular formula is C10H12FNO4S. The number of carbonyl (C=O) groups excluding carboxylic acids is 1. The van der Waals surface area contributed by atoms with E-state index < -0.39 is 28.0 Å². The van der Waals surface area contributed by atoms with E-state index >= 15 is 0 Å². The van der Waals surface area contributed by atoms with Crippen molar-refractivity contribution in [2.45, 2.75) is 25.0 Å². The molecule has 1 N–H and O–H groups in total. The van der Waals surface area contributed by atoms with Crippen molar-refractivity contribution in [1.82, 2.24) is 4.72 Å². The molecule has 0 aliphatic rings. The van der Waals surface area contributed by atoms with Crippen LogP contribution in [0, 0.1) is 5.82 Å². The van der Waals surface area contributed by atoms with Crippen LogP contribution in [0.25, 0.3) is 0 Å². The summed E-state index contributed by atoms with van der Waals surface area (Å²) in [5, 5.41) is 0. The third kappa shape index (κ3) is 4.12.